The number of nitrogens with one attached hydrogen (secondary N) is 1. The topological polar surface area (TPSA) is 80.9 Å². The van der Waals surface area contributed by atoms with E-state index in [9.17, 15) is 4.79 Å². The number of nitrogens with zero attached hydrogens (tertiary/aromatic N) is 2. The van der Waals surface area contributed by atoms with Gasteiger partial charge in [0.05, 0.1) is 6.54 Å². The maximum Gasteiger partial charge on any atom is 0.251 e. The summed E-state index contributed by atoms with van der Waals surface area (Å²) < 4.78 is 0. The predicted octanol–water partition coefficient (Wildman–Crippen LogP) is 2.48. The van der Waals surface area contributed by atoms with Gasteiger partial charge in [0.15, 0.2) is 0 Å². The van der Waals surface area contributed by atoms with Crippen molar-refractivity contribution in [2.45, 2.75) is 33.2 Å². The van der Waals surface area contributed by atoms with Crippen molar-refractivity contribution in [2.75, 3.05) is 5.73 Å². The van der Waals surface area contributed by atoms with Crippen LogP contribution < -0.4 is 11.1 Å². The summed E-state index contributed by atoms with van der Waals surface area (Å²) in [6, 6.07) is 5.31. The molecule has 3 N–H and O–H groups in total. The molecule has 0 fully saturated rings. The molecule has 0 bridgehead atoms. The van der Waals surface area contributed by atoms with Gasteiger partial charge in [-0.15, -0.1) is 10.2 Å². The van der Waals surface area contributed by atoms with Crippen LogP contribution in [-0.2, 0) is 6.54 Å². The van der Waals surface area contributed by atoms with Gasteiger partial charge in [0.25, 0.3) is 5.91 Å². The molecule has 1 aromatic carbocycles. The number of benzene rings is 1. The highest BCUT2D eigenvalue weighted by atomic mass is 32.1. The maximum absolute atomic E-state index is 12.1. The molecule has 0 aliphatic rings. The van der Waals surface area contributed by atoms with Crippen molar-refractivity contribution in [2.24, 2.45) is 0 Å². The normalized spacial score (nSPS) is 10.8. The van der Waals surface area contributed by atoms with Crippen molar-refractivity contribution in [3.05, 3.63) is 39.3 Å². The zero-order valence-electron chi connectivity index (χ0n) is 11.8. The number of aromatic nitrogens is 2. The van der Waals surface area contributed by atoms with Crippen molar-refractivity contribution in [1.29, 1.82) is 0 Å². The number of anilines is 1. The van der Waals surface area contributed by atoms with E-state index in [1.54, 1.807) is 12.1 Å². The lowest BCUT2D eigenvalue weighted by Crippen LogP contribution is -2.23. The van der Waals surface area contributed by atoms with Crippen molar-refractivity contribution in [3.63, 3.8) is 0 Å². The van der Waals surface area contributed by atoms with Crippen molar-refractivity contribution in [1.82, 2.24) is 15.5 Å². The van der Waals surface area contributed by atoms with Gasteiger partial charge in [0, 0.05) is 17.2 Å². The summed E-state index contributed by atoms with van der Waals surface area (Å²) in [4.78, 5) is 12.1. The SMILES string of the molecule is Cc1ccc(N)cc1C(=O)NCc1nnc(C(C)C)s1. The van der Waals surface area contributed by atoms with Crippen LogP contribution in [0.3, 0.4) is 0 Å². The second-order valence-corrected chi connectivity index (χ2v) is 6.04. The maximum atomic E-state index is 12.1. The minimum absolute atomic E-state index is 0.143. The van der Waals surface area contributed by atoms with Crippen LogP contribution >= 0.6 is 11.3 Å². The van der Waals surface area contributed by atoms with E-state index in [-0.39, 0.29) is 5.91 Å². The summed E-state index contributed by atoms with van der Waals surface area (Å²) in [6.45, 7) is 6.41. The number of carbonyl (C=O) groups excluding carboxylic acids is 1. The van der Waals surface area contributed by atoms with Gasteiger partial charge in [-0.3, -0.25) is 4.79 Å². The van der Waals surface area contributed by atoms with E-state index in [0.717, 1.165) is 15.6 Å². The number of hydrogen-bond donors (Lipinski definition) is 2. The fraction of sp³-hybridized carbons (Fsp3) is 0.357. The summed E-state index contributed by atoms with van der Waals surface area (Å²) in [5.74, 6) is 0.212. The van der Waals surface area contributed by atoms with Crippen LogP contribution in [0.25, 0.3) is 0 Å². The third-order valence-corrected chi connectivity index (χ3v) is 4.11. The molecule has 0 atom stereocenters. The molecule has 106 valence electrons. The Morgan fingerprint density at radius 3 is 2.80 bits per heavy atom. The molecule has 1 amide bonds. The third-order valence-electron chi connectivity index (χ3n) is 2.88. The first kappa shape index (κ1) is 14.5. The highest BCUT2D eigenvalue weighted by Gasteiger charge is 2.12. The summed E-state index contributed by atoms with van der Waals surface area (Å²) >= 11 is 1.52. The Bertz CT molecular complexity index is 621. The van der Waals surface area contributed by atoms with Gasteiger partial charge in [0.2, 0.25) is 0 Å². The Hall–Kier alpha value is -1.95. The first-order valence-electron chi connectivity index (χ1n) is 6.44. The molecule has 1 aromatic heterocycles. The summed E-state index contributed by atoms with van der Waals surface area (Å²) in [6.07, 6.45) is 0. The number of nitrogens with two attached hydrogens (primary N) is 1. The number of rotatable bonds is 4. The third kappa shape index (κ3) is 3.33. The molecule has 6 heteroatoms. The van der Waals surface area contributed by atoms with E-state index in [1.807, 2.05) is 13.0 Å². The number of carbonyl (C=O) groups is 1. The van der Waals surface area contributed by atoms with Crippen LogP contribution in [0.5, 0.6) is 0 Å². The lowest BCUT2D eigenvalue weighted by atomic mass is 10.1. The van der Waals surface area contributed by atoms with Crippen molar-refractivity contribution < 1.29 is 4.79 Å². The zero-order chi connectivity index (χ0) is 14.7. The second kappa shape index (κ2) is 6.00. The van der Waals surface area contributed by atoms with Crippen LogP contribution in [0.15, 0.2) is 18.2 Å². The number of amides is 1. The molecule has 0 saturated heterocycles. The molecule has 0 aliphatic carbocycles. The Morgan fingerprint density at radius 1 is 1.40 bits per heavy atom. The summed E-state index contributed by atoms with van der Waals surface area (Å²) in [5, 5.41) is 12.8. The van der Waals surface area contributed by atoms with Gasteiger partial charge in [-0.1, -0.05) is 31.3 Å². The smallest absolute Gasteiger partial charge is 0.251 e. The van der Waals surface area contributed by atoms with Crippen LogP contribution in [0.2, 0.25) is 0 Å². The minimum atomic E-state index is -0.143. The molecule has 2 rings (SSSR count). The summed E-state index contributed by atoms with van der Waals surface area (Å²) in [7, 11) is 0. The van der Waals surface area contributed by atoms with Gasteiger partial charge in [-0.2, -0.15) is 0 Å². The lowest BCUT2D eigenvalue weighted by Gasteiger charge is -2.07. The van der Waals surface area contributed by atoms with E-state index >= 15 is 0 Å². The van der Waals surface area contributed by atoms with Gasteiger partial charge < -0.3 is 11.1 Å². The highest BCUT2D eigenvalue weighted by Crippen LogP contribution is 2.19. The Balaban J connectivity index is 2.02. The second-order valence-electron chi connectivity index (χ2n) is 4.95. The molecule has 5 nitrogen and oxygen atoms in total. The molecule has 0 saturated carbocycles. The van der Waals surface area contributed by atoms with E-state index in [4.69, 9.17) is 5.73 Å². The Labute approximate surface area is 122 Å². The van der Waals surface area contributed by atoms with Crippen LogP contribution in [0, 0.1) is 6.92 Å². The molecule has 2 aromatic rings. The predicted molar refractivity (Wildman–Crippen MR) is 80.8 cm³/mol. The molecule has 0 radical (unpaired) electrons. The van der Waals surface area contributed by atoms with E-state index in [1.165, 1.54) is 11.3 Å². The molecule has 1 heterocycles. The Morgan fingerprint density at radius 2 is 2.15 bits per heavy atom. The largest absolute Gasteiger partial charge is 0.399 e. The van der Waals surface area contributed by atoms with Crippen molar-refractivity contribution in [3.8, 4) is 0 Å². The van der Waals surface area contributed by atoms with Gasteiger partial charge in [0.1, 0.15) is 10.0 Å². The lowest BCUT2D eigenvalue weighted by molar-refractivity contribution is 0.0950. The fourth-order valence-electron chi connectivity index (χ4n) is 1.71. The van der Waals surface area contributed by atoms with E-state index < -0.39 is 0 Å². The Kier molecular flexibility index (Phi) is 4.34. The van der Waals surface area contributed by atoms with E-state index in [0.29, 0.717) is 23.7 Å². The van der Waals surface area contributed by atoms with Crippen LogP contribution in [0.4, 0.5) is 5.69 Å². The standard InChI is InChI=1S/C14H18N4OS/c1-8(2)14-18-17-12(20-14)7-16-13(19)11-6-10(15)5-4-9(11)3/h4-6,8H,7,15H2,1-3H3,(H,16,19). The fourth-order valence-corrected chi connectivity index (χ4v) is 2.49. The quantitative estimate of drug-likeness (QED) is 0.848. The van der Waals surface area contributed by atoms with Gasteiger partial charge in [-0.25, -0.2) is 0 Å². The average molecular weight is 290 g/mol. The van der Waals surface area contributed by atoms with Gasteiger partial charge >= 0.3 is 0 Å². The van der Waals surface area contributed by atoms with E-state index in [2.05, 4.69) is 29.4 Å². The molecular weight excluding hydrogens is 272 g/mol. The monoisotopic (exact) mass is 290 g/mol. The molecular formula is C14H18N4OS. The van der Waals surface area contributed by atoms with Crippen molar-refractivity contribution >= 4 is 22.9 Å². The van der Waals surface area contributed by atoms with Crippen LogP contribution in [0.1, 0.15) is 45.7 Å². The molecule has 0 unspecified atom stereocenters. The average Bonchev–Trinajstić information content (AvgIpc) is 2.88. The first-order valence-corrected chi connectivity index (χ1v) is 7.25. The molecule has 0 spiro atoms. The zero-order valence-corrected chi connectivity index (χ0v) is 12.6. The highest BCUT2D eigenvalue weighted by molar-refractivity contribution is 7.11. The number of hydrogen-bond acceptors (Lipinski definition) is 5. The van der Waals surface area contributed by atoms with Gasteiger partial charge in [-0.05, 0) is 24.6 Å². The minimum Gasteiger partial charge on any atom is -0.399 e. The first-order chi connectivity index (χ1) is 9.47. The number of aryl methyl sites for hydroxylation is 1. The molecule has 20 heavy (non-hydrogen) atoms. The van der Waals surface area contributed by atoms with Crippen LogP contribution in [-0.4, -0.2) is 16.1 Å². The molecule has 0 aliphatic heterocycles. The summed E-state index contributed by atoms with van der Waals surface area (Å²) in [5.41, 5.74) is 7.79. The number of nitrogen functional groups attached to an aromatic ring is 1.